The van der Waals surface area contributed by atoms with E-state index in [0.29, 0.717) is 6.07 Å². The molecule has 0 aliphatic heterocycles. The predicted molar refractivity (Wildman–Crippen MR) is 77.4 cm³/mol. The van der Waals surface area contributed by atoms with Crippen molar-refractivity contribution in [2.24, 2.45) is 0 Å². The number of carbonyl (C=O) groups excluding carboxylic acids is 1. The van der Waals surface area contributed by atoms with Crippen LogP contribution in [0.25, 0.3) is 0 Å². The van der Waals surface area contributed by atoms with E-state index in [9.17, 15) is 45.7 Å². The number of halogens is 7. The maximum absolute atomic E-state index is 13.7. The SMILES string of the molecule is CC(O)CC(O)C(C)c1ccccc1C(=O)C(F)(F)C(F)(F)C(F)(F)F. The molecule has 10 heteroatoms. The molecule has 0 aliphatic rings. The van der Waals surface area contributed by atoms with E-state index < -0.39 is 47.5 Å². The van der Waals surface area contributed by atoms with Gasteiger partial charge in [0.1, 0.15) is 0 Å². The third-order valence-corrected chi connectivity index (χ3v) is 3.89. The van der Waals surface area contributed by atoms with Crippen LogP contribution in [0, 0.1) is 0 Å². The van der Waals surface area contributed by atoms with Crippen LogP contribution in [0.4, 0.5) is 30.7 Å². The van der Waals surface area contributed by atoms with Crippen LogP contribution in [0.2, 0.25) is 0 Å². The molecular formula is C16H17F7O3. The first-order valence-corrected chi connectivity index (χ1v) is 7.46. The van der Waals surface area contributed by atoms with Gasteiger partial charge in [-0.2, -0.15) is 30.7 Å². The molecule has 0 radical (unpaired) electrons. The zero-order valence-corrected chi connectivity index (χ0v) is 13.7. The van der Waals surface area contributed by atoms with Gasteiger partial charge >= 0.3 is 18.0 Å². The molecule has 148 valence electrons. The molecule has 0 heterocycles. The summed E-state index contributed by atoms with van der Waals surface area (Å²) in [4.78, 5) is 11.9. The van der Waals surface area contributed by atoms with Crippen LogP contribution in [-0.2, 0) is 0 Å². The normalized spacial score (nSPS) is 16.9. The molecule has 1 aromatic rings. The van der Waals surface area contributed by atoms with E-state index in [2.05, 4.69) is 0 Å². The number of aliphatic hydroxyl groups excluding tert-OH is 2. The van der Waals surface area contributed by atoms with Crippen molar-refractivity contribution in [3.05, 3.63) is 35.4 Å². The lowest BCUT2D eigenvalue weighted by atomic mass is 9.86. The summed E-state index contributed by atoms with van der Waals surface area (Å²) in [6.07, 6.45) is -9.19. The summed E-state index contributed by atoms with van der Waals surface area (Å²) in [5.41, 5.74) is -1.39. The van der Waals surface area contributed by atoms with Crippen molar-refractivity contribution in [2.45, 2.75) is 56.4 Å². The fourth-order valence-electron chi connectivity index (χ4n) is 2.35. The van der Waals surface area contributed by atoms with Gasteiger partial charge in [-0.05, 0) is 18.9 Å². The number of ketones is 1. The third-order valence-electron chi connectivity index (χ3n) is 3.89. The molecule has 3 atom stereocenters. The lowest BCUT2D eigenvalue weighted by molar-refractivity contribution is -0.339. The highest BCUT2D eigenvalue weighted by atomic mass is 19.4. The minimum Gasteiger partial charge on any atom is -0.393 e. The average Bonchev–Trinajstić information content (AvgIpc) is 2.51. The Morgan fingerprint density at radius 3 is 1.96 bits per heavy atom. The smallest absolute Gasteiger partial charge is 0.393 e. The van der Waals surface area contributed by atoms with Crippen molar-refractivity contribution in [2.75, 3.05) is 0 Å². The van der Waals surface area contributed by atoms with Gasteiger partial charge in [0, 0.05) is 11.5 Å². The van der Waals surface area contributed by atoms with Crippen LogP contribution < -0.4 is 0 Å². The number of Topliss-reactive ketones (excluding diaryl/α,β-unsaturated/α-hetero) is 1. The first-order valence-electron chi connectivity index (χ1n) is 7.46. The number of aliphatic hydroxyl groups is 2. The second-order valence-electron chi connectivity index (χ2n) is 6.00. The van der Waals surface area contributed by atoms with E-state index in [1.165, 1.54) is 19.9 Å². The summed E-state index contributed by atoms with van der Waals surface area (Å²) in [5, 5.41) is 19.2. The zero-order chi connectivity index (χ0) is 20.5. The molecule has 0 bridgehead atoms. The largest absolute Gasteiger partial charge is 0.460 e. The number of carbonyl (C=O) groups is 1. The predicted octanol–water partition coefficient (Wildman–Crippen LogP) is 3.94. The molecule has 26 heavy (non-hydrogen) atoms. The summed E-state index contributed by atoms with van der Waals surface area (Å²) >= 11 is 0. The maximum Gasteiger partial charge on any atom is 0.460 e. The molecular weight excluding hydrogens is 373 g/mol. The molecule has 0 spiro atoms. The number of alkyl halides is 7. The first-order chi connectivity index (χ1) is 11.6. The highest BCUT2D eigenvalue weighted by molar-refractivity contribution is 6.03. The van der Waals surface area contributed by atoms with Crippen LogP contribution >= 0.6 is 0 Å². The van der Waals surface area contributed by atoms with E-state index in [4.69, 9.17) is 0 Å². The quantitative estimate of drug-likeness (QED) is 0.548. The summed E-state index contributed by atoms with van der Waals surface area (Å²) in [6.45, 7) is 2.59. The summed E-state index contributed by atoms with van der Waals surface area (Å²) in [6, 6.07) is 4.01. The Balaban J connectivity index is 3.35. The van der Waals surface area contributed by atoms with Crippen LogP contribution in [0.15, 0.2) is 24.3 Å². The van der Waals surface area contributed by atoms with Crippen LogP contribution in [0.1, 0.15) is 42.1 Å². The van der Waals surface area contributed by atoms with E-state index in [0.717, 1.165) is 12.1 Å². The van der Waals surface area contributed by atoms with Gasteiger partial charge in [0.2, 0.25) is 5.78 Å². The highest BCUT2D eigenvalue weighted by Gasteiger charge is 2.76. The van der Waals surface area contributed by atoms with Crippen molar-refractivity contribution in [3.63, 3.8) is 0 Å². The zero-order valence-electron chi connectivity index (χ0n) is 13.7. The molecule has 0 saturated carbocycles. The standard InChI is InChI=1S/C16H17F7O3/c1-8(24)7-12(25)9(2)10-5-3-4-6-11(10)13(26)14(17,18)15(19,20)16(21,22)23/h3-6,8-9,12,24-25H,7H2,1-2H3. The second-order valence-corrected chi connectivity index (χ2v) is 6.00. The molecule has 0 fully saturated rings. The van der Waals surface area contributed by atoms with Gasteiger partial charge in [0.15, 0.2) is 0 Å². The Bertz CT molecular complexity index is 641. The van der Waals surface area contributed by atoms with Gasteiger partial charge in [-0.1, -0.05) is 31.2 Å². The third kappa shape index (κ3) is 4.17. The van der Waals surface area contributed by atoms with Crippen molar-refractivity contribution < 1.29 is 45.7 Å². The van der Waals surface area contributed by atoms with Gasteiger partial charge in [0.25, 0.3) is 0 Å². The number of hydrogen-bond acceptors (Lipinski definition) is 3. The van der Waals surface area contributed by atoms with Crippen molar-refractivity contribution in [1.29, 1.82) is 0 Å². The van der Waals surface area contributed by atoms with Crippen molar-refractivity contribution >= 4 is 5.78 Å². The molecule has 3 nitrogen and oxygen atoms in total. The Labute approximate surface area is 144 Å². The van der Waals surface area contributed by atoms with Crippen molar-refractivity contribution in [3.8, 4) is 0 Å². The van der Waals surface area contributed by atoms with Gasteiger partial charge in [-0.25, -0.2) is 0 Å². The van der Waals surface area contributed by atoms with E-state index in [-0.39, 0.29) is 12.0 Å². The van der Waals surface area contributed by atoms with E-state index in [1.54, 1.807) is 0 Å². The minimum atomic E-state index is -6.63. The molecule has 0 amide bonds. The maximum atomic E-state index is 13.7. The average molecular weight is 390 g/mol. The number of rotatable bonds is 7. The molecule has 2 N–H and O–H groups in total. The molecule has 1 rings (SSSR count). The lowest BCUT2D eigenvalue weighted by Crippen LogP contribution is -2.56. The molecule has 3 unspecified atom stereocenters. The minimum absolute atomic E-state index is 0.223. The van der Waals surface area contributed by atoms with Gasteiger partial charge in [-0.3, -0.25) is 4.79 Å². The van der Waals surface area contributed by atoms with Crippen LogP contribution in [0.3, 0.4) is 0 Å². The second kappa shape index (κ2) is 7.51. The molecule has 0 aromatic heterocycles. The number of hydrogen-bond donors (Lipinski definition) is 2. The van der Waals surface area contributed by atoms with Crippen LogP contribution in [0.5, 0.6) is 0 Å². The fraction of sp³-hybridized carbons (Fsp3) is 0.562. The fourth-order valence-corrected chi connectivity index (χ4v) is 2.35. The topological polar surface area (TPSA) is 57.5 Å². The van der Waals surface area contributed by atoms with Gasteiger partial charge in [-0.15, -0.1) is 0 Å². The van der Waals surface area contributed by atoms with Gasteiger partial charge in [0.05, 0.1) is 12.2 Å². The summed E-state index contributed by atoms with van der Waals surface area (Å²) in [7, 11) is 0. The molecule has 0 aliphatic carbocycles. The summed E-state index contributed by atoms with van der Waals surface area (Å²) in [5.74, 6) is -16.4. The molecule has 0 saturated heterocycles. The Kier molecular flexibility index (Phi) is 6.46. The Morgan fingerprint density at radius 1 is 1.00 bits per heavy atom. The highest BCUT2D eigenvalue weighted by Crippen LogP contribution is 2.48. The molecule has 1 aromatic carbocycles. The van der Waals surface area contributed by atoms with Gasteiger partial charge < -0.3 is 10.2 Å². The monoisotopic (exact) mass is 390 g/mol. The van der Waals surface area contributed by atoms with E-state index in [1.807, 2.05) is 0 Å². The lowest BCUT2D eigenvalue weighted by Gasteiger charge is -2.28. The first kappa shape index (κ1) is 22.4. The number of benzene rings is 1. The van der Waals surface area contributed by atoms with E-state index >= 15 is 0 Å². The van der Waals surface area contributed by atoms with Crippen molar-refractivity contribution in [1.82, 2.24) is 0 Å². The summed E-state index contributed by atoms with van der Waals surface area (Å²) < 4.78 is 90.5. The Hall–Kier alpha value is -1.68. The Morgan fingerprint density at radius 2 is 1.50 bits per heavy atom. The van der Waals surface area contributed by atoms with Crippen LogP contribution in [-0.4, -0.2) is 46.2 Å².